The lowest BCUT2D eigenvalue weighted by Crippen LogP contribution is -2.44. The lowest BCUT2D eigenvalue weighted by atomic mass is 9.97. The minimum atomic E-state index is -0.955. The van der Waals surface area contributed by atoms with Crippen molar-refractivity contribution in [3.63, 3.8) is 0 Å². The van der Waals surface area contributed by atoms with Crippen molar-refractivity contribution in [3.05, 3.63) is 35.4 Å². The number of amides is 1. The van der Waals surface area contributed by atoms with Gasteiger partial charge in [0.15, 0.2) is 0 Å². The van der Waals surface area contributed by atoms with E-state index in [-0.39, 0.29) is 24.8 Å². The van der Waals surface area contributed by atoms with E-state index in [1.165, 1.54) is 0 Å². The molecular formula is C14H17F2NO3. The Labute approximate surface area is 115 Å². The van der Waals surface area contributed by atoms with Gasteiger partial charge in [0.1, 0.15) is 11.6 Å². The van der Waals surface area contributed by atoms with Gasteiger partial charge in [-0.3, -0.25) is 9.59 Å². The highest BCUT2D eigenvalue weighted by molar-refractivity contribution is 5.79. The fraction of sp³-hybridized carbons (Fsp3) is 0.429. The number of carboxylic acids is 1. The number of nitrogens with one attached hydrogen (secondary N) is 1. The van der Waals surface area contributed by atoms with Crippen LogP contribution in [0.1, 0.15) is 32.3 Å². The highest BCUT2D eigenvalue weighted by atomic mass is 19.1. The number of hydrogen-bond donors (Lipinski definition) is 2. The molecule has 0 aliphatic heterocycles. The first-order valence-electron chi connectivity index (χ1n) is 6.16. The van der Waals surface area contributed by atoms with Crippen molar-refractivity contribution in [1.82, 2.24) is 5.32 Å². The first-order valence-corrected chi connectivity index (χ1v) is 6.16. The van der Waals surface area contributed by atoms with E-state index in [1.54, 1.807) is 13.8 Å². The third kappa shape index (κ3) is 5.34. The Balaban J connectivity index is 2.63. The predicted molar refractivity (Wildman–Crippen MR) is 69.2 cm³/mol. The molecule has 110 valence electrons. The Bertz CT molecular complexity index is 515. The molecule has 0 radical (unpaired) electrons. The number of carboxylic acid groups (broad SMARTS) is 1. The van der Waals surface area contributed by atoms with Crippen LogP contribution in [0.25, 0.3) is 0 Å². The molecule has 2 N–H and O–H groups in total. The van der Waals surface area contributed by atoms with E-state index in [2.05, 4.69) is 5.32 Å². The van der Waals surface area contributed by atoms with E-state index < -0.39 is 29.0 Å². The fourth-order valence-corrected chi connectivity index (χ4v) is 1.76. The Morgan fingerprint density at radius 2 is 1.95 bits per heavy atom. The van der Waals surface area contributed by atoms with Crippen LogP contribution < -0.4 is 5.32 Å². The molecule has 20 heavy (non-hydrogen) atoms. The molecule has 0 spiro atoms. The van der Waals surface area contributed by atoms with Crippen molar-refractivity contribution in [2.75, 3.05) is 0 Å². The summed E-state index contributed by atoms with van der Waals surface area (Å²) in [6.07, 6.45) is -0.124. The Kier molecular flexibility index (Phi) is 5.19. The molecule has 0 unspecified atom stereocenters. The molecule has 0 fully saturated rings. The van der Waals surface area contributed by atoms with Crippen molar-refractivity contribution in [2.24, 2.45) is 0 Å². The average molecular weight is 285 g/mol. The second-order valence-corrected chi connectivity index (χ2v) is 5.24. The summed E-state index contributed by atoms with van der Waals surface area (Å²) in [6, 6.07) is 2.92. The number of hydrogen-bond acceptors (Lipinski definition) is 2. The summed E-state index contributed by atoms with van der Waals surface area (Å²) < 4.78 is 26.4. The van der Waals surface area contributed by atoms with Crippen LogP contribution in [0.15, 0.2) is 18.2 Å². The van der Waals surface area contributed by atoms with Gasteiger partial charge < -0.3 is 10.4 Å². The number of halogens is 2. The topological polar surface area (TPSA) is 66.4 Å². The maximum absolute atomic E-state index is 13.4. The standard InChI is InChI=1S/C14H17F2NO3/c1-14(2,6-5-13(19)20)17-12(18)8-9-7-10(15)3-4-11(9)16/h3-4,7H,5-6,8H2,1-2H3,(H,17,18)(H,19,20). The molecule has 0 aromatic heterocycles. The van der Waals surface area contributed by atoms with Crippen molar-refractivity contribution >= 4 is 11.9 Å². The number of aliphatic carboxylic acids is 1. The van der Waals surface area contributed by atoms with Crippen molar-refractivity contribution in [3.8, 4) is 0 Å². The summed E-state index contributed by atoms with van der Waals surface area (Å²) in [4.78, 5) is 22.3. The van der Waals surface area contributed by atoms with E-state index >= 15 is 0 Å². The first-order chi connectivity index (χ1) is 9.19. The molecular weight excluding hydrogens is 268 g/mol. The van der Waals surface area contributed by atoms with Crippen LogP contribution in [0.2, 0.25) is 0 Å². The molecule has 1 aromatic carbocycles. The average Bonchev–Trinajstić information content (AvgIpc) is 2.31. The molecule has 0 bridgehead atoms. The lowest BCUT2D eigenvalue weighted by Gasteiger charge is -2.25. The van der Waals surface area contributed by atoms with E-state index in [1.807, 2.05) is 0 Å². The molecule has 0 aliphatic carbocycles. The lowest BCUT2D eigenvalue weighted by molar-refractivity contribution is -0.137. The molecule has 1 rings (SSSR count). The van der Waals surface area contributed by atoms with Crippen LogP contribution in [0.5, 0.6) is 0 Å². The molecule has 1 aromatic rings. The minimum absolute atomic E-state index is 0.0310. The molecule has 0 saturated heterocycles. The summed E-state index contributed by atoms with van der Waals surface area (Å²) in [5.41, 5.74) is -0.754. The van der Waals surface area contributed by atoms with Crippen LogP contribution in [0.3, 0.4) is 0 Å². The van der Waals surface area contributed by atoms with Gasteiger partial charge in [0.25, 0.3) is 0 Å². The van der Waals surface area contributed by atoms with Crippen molar-refractivity contribution in [2.45, 2.75) is 38.6 Å². The number of rotatable bonds is 6. The number of carbonyl (C=O) groups excluding carboxylic acids is 1. The quantitative estimate of drug-likeness (QED) is 0.842. The van der Waals surface area contributed by atoms with Gasteiger partial charge in [-0.1, -0.05) is 0 Å². The van der Waals surface area contributed by atoms with Crippen molar-refractivity contribution in [1.29, 1.82) is 0 Å². The van der Waals surface area contributed by atoms with E-state index in [9.17, 15) is 18.4 Å². The Morgan fingerprint density at radius 3 is 2.55 bits per heavy atom. The van der Waals surface area contributed by atoms with Gasteiger partial charge in [0.2, 0.25) is 5.91 Å². The van der Waals surface area contributed by atoms with Crippen LogP contribution in [0.4, 0.5) is 8.78 Å². The van der Waals surface area contributed by atoms with Gasteiger partial charge in [-0.15, -0.1) is 0 Å². The van der Waals surface area contributed by atoms with E-state index in [4.69, 9.17) is 5.11 Å². The van der Waals surface area contributed by atoms with Gasteiger partial charge >= 0.3 is 5.97 Å². The van der Waals surface area contributed by atoms with Crippen molar-refractivity contribution < 1.29 is 23.5 Å². The Hall–Kier alpha value is -1.98. The van der Waals surface area contributed by atoms with Gasteiger partial charge in [-0.25, -0.2) is 8.78 Å². The molecule has 1 amide bonds. The van der Waals surface area contributed by atoms with Crippen LogP contribution in [0, 0.1) is 11.6 Å². The second kappa shape index (κ2) is 6.45. The Morgan fingerprint density at radius 1 is 1.30 bits per heavy atom. The van der Waals surface area contributed by atoms with Gasteiger partial charge in [-0.2, -0.15) is 0 Å². The highest BCUT2D eigenvalue weighted by Crippen LogP contribution is 2.14. The maximum atomic E-state index is 13.4. The summed E-state index contributed by atoms with van der Waals surface area (Å²) in [6.45, 7) is 3.35. The van der Waals surface area contributed by atoms with Gasteiger partial charge in [-0.05, 0) is 38.5 Å². The van der Waals surface area contributed by atoms with E-state index in [0.717, 1.165) is 18.2 Å². The number of benzene rings is 1. The van der Waals surface area contributed by atoms with Gasteiger partial charge in [0, 0.05) is 17.5 Å². The summed E-state index contributed by atoms with van der Waals surface area (Å²) in [5.74, 6) is -2.70. The first kappa shape index (κ1) is 16.1. The SMILES string of the molecule is CC(C)(CCC(=O)O)NC(=O)Cc1cc(F)ccc1F. The zero-order valence-electron chi connectivity index (χ0n) is 11.4. The second-order valence-electron chi connectivity index (χ2n) is 5.24. The zero-order valence-corrected chi connectivity index (χ0v) is 11.4. The van der Waals surface area contributed by atoms with E-state index in [0.29, 0.717) is 0 Å². The summed E-state index contributed by atoms with van der Waals surface area (Å²) in [7, 11) is 0. The summed E-state index contributed by atoms with van der Waals surface area (Å²) >= 11 is 0. The molecule has 0 atom stereocenters. The molecule has 6 heteroatoms. The molecule has 0 heterocycles. The maximum Gasteiger partial charge on any atom is 0.303 e. The summed E-state index contributed by atoms with van der Waals surface area (Å²) in [5, 5.41) is 11.2. The van der Waals surface area contributed by atoms with Crippen LogP contribution in [-0.2, 0) is 16.0 Å². The third-order valence-corrected chi connectivity index (χ3v) is 2.80. The predicted octanol–water partition coefficient (Wildman–Crippen LogP) is 2.27. The van der Waals surface area contributed by atoms with Gasteiger partial charge in [0.05, 0.1) is 6.42 Å². The highest BCUT2D eigenvalue weighted by Gasteiger charge is 2.22. The monoisotopic (exact) mass is 285 g/mol. The normalized spacial score (nSPS) is 11.2. The molecule has 0 saturated carbocycles. The molecule has 0 aliphatic rings. The van der Waals surface area contributed by atoms with Crippen LogP contribution >= 0.6 is 0 Å². The largest absolute Gasteiger partial charge is 0.481 e. The number of carbonyl (C=O) groups is 2. The minimum Gasteiger partial charge on any atom is -0.481 e. The van der Waals surface area contributed by atoms with Crippen LogP contribution in [-0.4, -0.2) is 22.5 Å². The fourth-order valence-electron chi connectivity index (χ4n) is 1.76. The smallest absolute Gasteiger partial charge is 0.303 e. The zero-order chi connectivity index (χ0) is 15.3. The third-order valence-electron chi connectivity index (χ3n) is 2.80. The molecule has 4 nitrogen and oxygen atoms in total.